The molecular formula is C17H18Cl2N2O4S. The summed E-state index contributed by atoms with van der Waals surface area (Å²) in [5.41, 5.74) is 0.529. The Labute approximate surface area is 162 Å². The van der Waals surface area contributed by atoms with Gasteiger partial charge in [0, 0.05) is 11.7 Å². The zero-order valence-corrected chi connectivity index (χ0v) is 16.1. The summed E-state index contributed by atoms with van der Waals surface area (Å²) in [6, 6.07) is 8.16. The number of carbonyl (C=O) groups is 1. The van der Waals surface area contributed by atoms with Gasteiger partial charge in [-0.3, -0.25) is 9.69 Å². The lowest BCUT2D eigenvalue weighted by Crippen LogP contribution is -2.41. The first-order valence-electron chi connectivity index (χ1n) is 8.04. The Morgan fingerprint density at radius 2 is 2.08 bits per heavy atom. The van der Waals surface area contributed by atoms with Crippen LogP contribution in [0.2, 0.25) is 10.0 Å². The molecule has 1 fully saturated rings. The van der Waals surface area contributed by atoms with E-state index in [-0.39, 0.29) is 30.0 Å². The number of hydrogen-bond acceptors (Lipinski definition) is 5. The number of rotatable bonds is 6. The summed E-state index contributed by atoms with van der Waals surface area (Å²) in [6.07, 6.45) is 2.05. The lowest BCUT2D eigenvalue weighted by Gasteiger charge is -2.26. The minimum atomic E-state index is -3.06. The highest BCUT2D eigenvalue weighted by atomic mass is 35.5. The van der Waals surface area contributed by atoms with E-state index < -0.39 is 9.84 Å². The molecule has 3 rings (SSSR count). The number of carbonyl (C=O) groups excluding carboxylic acids is 1. The predicted octanol–water partition coefficient (Wildman–Crippen LogP) is 3.21. The van der Waals surface area contributed by atoms with Gasteiger partial charge < -0.3 is 9.73 Å². The first-order chi connectivity index (χ1) is 12.3. The molecule has 0 spiro atoms. The molecule has 0 unspecified atom stereocenters. The van der Waals surface area contributed by atoms with Crippen molar-refractivity contribution in [3.63, 3.8) is 0 Å². The van der Waals surface area contributed by atoms with Crippen LogP contribution in [-0.4, -0.2) is 43.3 Å². The van der Waals surface area contributed by atoms with Crippen LogP contribution >= 0.6 is 23.2 Å². The fraction of sp³-hybridized carbons (Fsp3) is 0.353. The summed E-state index contributed by atoms with van der Waals surface area (Å²) in [7, 11) is -3.06. The number of halogens is 2. The van der Waals surface area contributed by atoms with Crippen LogP contribution in [0, 0.1) is 0 Å². The topological polar surface area (TPSA) is 79.6 Å². The molecule has 1 amide bonds. The van der Waals surface area contributed by atoms with Crippen molar-refractivity contribution >= 4 is 44.6 Å². The molecule has 0 radical (unpaired) electrons. The van der Waals surface area contributed by atoms with Gasteiger partial charge in [-0.05, 0) is 36.8 Å². The number of hydrogen-bond donors (Lipinski definition) is 1. The molecule has 1 aliphatic rings. The minimum absolute atomic E-state index is 0.0428. The van der Waals surface area contributed by atoms with Crippen LogP contribution < -0.4 is 5.32 Å². The van der Waals surface area contributed by atoms with Gasteiger partial charge >= 0.3 is 0 Å². The Balaban J connectivity index is 1.69. The summed E-state index contributed by atoms with van der Waals surface area (Å²) in [5, 5.41) is 3.51. The first-order valence-corrected chi connectivity index (χ1v) is 10.6. The van der Waals surface area contributed by atoms with Crippen LogP contribution in [0.25, 0.3) is 0 Å². The molecule has 9 heteroatoms. The maximum atomic E-state index is 12.5. The largest absolute Gasteiger partial charge is 0.468 e. The molecule has 1 saturated heterocycles. The number of benzene rings is 1. The zero-order valence-electron chi connectivity index (χ0n) is 13.8. The van der Waals surface area contributed by atoms with Gasteiger partial charge in [0.2, 0.25) is 5.91 Å². The van der Waals surface area contributed by atoms with Crippen molar-refractivity contribution in [2.75, 3.05) is 23.4 Å². The van der Waals surface area contributed by atoms with E-state index in [1.807, 2.05) is 4.90 Å². The SMILES string of the molecule is O=C(CN(Cc1ccco1)[C@@H]1CCS(=O)(=O)C1)Nc1ccc(Cl)c(Cl)c1. The molecule has 1 N–H and O–H groups in total. The lowest BCUT2D eigenvalue weighted by atomic mass is 10.2. The van der Waals surface area contributed by atoms with Crippen molar-refractivity contribution in [3.05, 3.63) is 52.4 Å². The summed E-state index contributed by atoms with van der Waals surface area (Å²) >= 11 is 11.8. The molecule has 0 aliphatic carbocycles. The second-order valence-electron chi connectivity index (χ2n) is 6.22. The second kappa shape index (κ2) is 8.00. The van der Waals surface area contributed by atoms with Crippen LogP contribution in [0.15, 0.2) is 41.0 Å². The van der Waals surface area contributed by atoms with Gasteiger partial charge in [-0.15, -0.1) is 0 Å². The normalized spacial score (nSPS) is 19.0. The molecule has 0 bridgehead atoms. The fourth-order valence-electron chi connectivity index (χ4n) is 2.94. The number of sulfone groups is 1. The summed E-state index contributed by atoms with van der Waals surface area (Å²) in [4.78, 5) is 14.3. The molecule has 26 heavy (non-hydrogen) atoms. The standard InChI is InChI=1S/C17H18Cl2N2O4S/c18-15-4-3-12(8-16(15)19)20-17(22)10-21(9-14-2-1-6-25-14)13-5-7-26(23,24)11-13/h1-4,6,8,13H,5,7,9-11H2,(H,20,22)/t13-/m1/s1. The number of nitrogens with one attached hydrogen (secondary N) is 1. The van der Waals surface area contributed by atoms with Gasteiger partial charge in [-0.25, -0.2) is 8.42 Å². The monoisotopic (exact) mass is 416 g/mol. The number of amides is 1. The fourth-order valence-corrected chi connectivity index (χ4v) is 5.00. The highest BCUT2D eigenvalue weighted by molar-refractivity contribution is 7.91. The highest BCUT2D eigenvalue weighted by Gasteiger charge is 2.33. The zero-order chi connectivity index (χ0) is 18.7. The van der Waals surface area contributed by atoms with Crippen molar-refractivity contribution in [1.82, 2.24) is 4.90 Å². The maximum Gasteiger partial charge on any atom is 0.238 e. The van der Waals surface area contributed by atoms with Gasteiger partial charge in [0.1, 0.15) is 5.76 Å². The molecule has 2 aromatic rings. The lowest BCUT2D eigenvalue weighted by molar-refractivity contribution is -0.118. The van der Waals surface area contributed by atoms with E-state index in [2.05, 4.69) is 5.32 Å². The third-order valence-corrected chi connectivity index (χ3v) is 6.70. The molecule has 2 heterocycles. The number of furan rings is 1. The third kappa shape index (κ3) is 5.01. The van der Waals surface area contributed by atoms with E-state index in [1.54, 1.807) is 36.6 Å². The van der Waals surface area contributed by atoms with Crippen molar-refractivity contribution < 1.29 is 17.6 Å². The Bertz CT molecular complexity index is 884. The van der Waals surface area contributed by atoms with E-state index in [1.165, 1.54) is 0 Å². The Kier molecular flexibility index (Phi) is 5.92. The Morgan fingerprint density at radius 3 is 2.69 bits per heavy atom. The van der Waals surface area contributed by atoms with Crippen LogP contribution in [-0.2, 0) is 21.2 Å². The molecule has 1 aromatic heterocycles. The molecule has 6 nitrogen and oxygen atoms in total. The summed E-state index contributed by atoms with van der Waals surface area (Å²) < 4.78 is 29.0. The minimum Gasteiger partial charge on any atom is -0.468 e. The number of nitrogens with zero attached hydrogens (tertiary/aromatic N) is 1. The maximum absolute atomic E-state index is 12.5. The van der Waals surface area contributed by atoms with Crippen LogP contribution in [0.3, 0.4) is 0 Å². The molecule has 1 atom stereocenters. The summed E-state index contributed by atoms with van der Waals surface area (Å²) in [6.45, 7) is 0.406. The van der Waals surface area contributed by atoms with Crippen LogP contribution in [0.1, 0.15) is 12.2 Å². The molecule has 1 aromatic carbocycles. The van der Waals surface area contributed by atoms with Crippen molar-refractivity contribution in [2.45, 2.75) is 19.0 Å². The van der Waals surface area contributed by atoms with E-state index in [4.69, 9.17) is 27.6 Å². The highest BCUT2D eigenvalue weighted by Crippen LogP contribution is 2.25. The second-order valence-corrected chi connectivity index (χ2v) is 9.26. The Morgan fingerprint density at radius 1 is 1.27 bits per heavy atom. The average Bonchev–Trinajstić information content (AvgIpc) is 3.19. The van der Waals surface area contributed by atoms with Crippen molar-refractivity contribution in [1.29, 1.82) is 0 Å². The van der Waals surface area contributed by atoms with Gasteiger partial charge in [0.15, 0.2) is 9.84 Å². The smallest absolute Gasteiger partial charge is 0.238 e. The van der Waals surface area contributed by atoms with E-state index in [0.717, 1.165) is 0 Å². The van der Waals surface area contributed by atoms with Gasteiger partial charge in [-0.2, -0.15) is 0 Å². The van der Waals surface area contributed by atoms with Gasteiger partial charge in [0.05, 0.1) is 40.9 Å². The number of anilines is 1. The van der Waals surface area contributed by atoms with Crippen molar-refractivity contribution in [3.8, 4) is 0 Å². The molecule has 1 aliphatic heterocycles. The van der Waals surface area contributed by atoms with Gasteiger partial charge in [-0.1, -0.05) is 23.2 Å². The predicted molar refractivity (Wildman–Crippen MR) is 101 cm³/mol. The third-order valence-electron chi connectivity index (χ3n) is 4.21. The van der Waals surface area contributed by atoms with Crippen LogP contribution in [0.4, 0.5) is 5.69 Å². The summed E-state index contributed by atoms with van der Waals surface area (Å²) in [5.74, 6) is 0.602. The average molecular weight is 417 g/mol. The molecular weight excluding hydrogens is 399 g/mol. The van der Waals surface area contributed by atoms with E-state index in [0.29, 0.717) is 34.5 Å². The molecule has 0 saturated carbocycles. The van der Waals surface area contributed by atoms with E-state index >= 15 is 0 Å². The molecule has 140 valence electrons. The van der Waals surface area contributed by atoms with Gasteiger partial charge in [0.25, 0.3) is 0 Å². The van der Waals surface area contributed by atoms with Crippen molar-refractivity contribution in [2.24, 2.45) is 0 Å². The van der Waals surface area contributed by atoms with Crippen LogP contribution in [0.5, 0.6) is 0 Å². The van der Waals surface area contributed by atoms with E-state index in [9.17, 15) is 13.2 Å². The quantitative estimate of drug-likeness (QED) is 0.781. The first kappa shape index (κ1) is 19.2. The Hall–Kier alpha value is -1.54.